The molecule has 2 fully saturated rings. The van der Waals surface area contributed by atoms with Gasteiger partial charge in [-0.25, -0.2) is 9.07 Å². The number of aliphatic hydroxyl groups excluding tert-OH is 2. The van der Waals surface area contributed by atoms with Gasteiger partial charge in [-0.05, 0) is 36.9 Å². The number of aromatic nitrogens is 4. The lowest BCUT2D eigenvalue weighted by atomic mass is 9.93. The van der Waals surface area contributed by atoms with Crippen molar-refractivity contribution in [2.45, 2.75) is 49.3 Å². The highest BCUT2D eigenvalue weighted by atomic mass is 35.5. The van der Waals surface area contributed by atoms with Crippen LogP contribution in [0.25, 0.3) is 11.0 Å². The van der Waals surface area contributed by atoms with Crippen molar-refractivity contribution in [3.05, 3.63) is 47.1 Å². The fraction of sp³-hybridized carbons (Fsp3) is 0.522. The smallest absolute Gasteiger partial charge is 0.340 e. The Morgan fingerprint density at radius 3 is 2.62 bits per heavy atom. The highest BCUT2D eigenvalue weighted by Crippen LogP contribution is 2.56. The summed E-state index contributed by atoms with van der Waals surface area (Å²) in [6, 6.07) is 6.06. The molecule has 6 atom stereocenters. The molecule has 230 valence electrons. The monoisotopic (exact) mass is 651 g/mol. The van der Waals surface area contributed by atoms with Crippen LogP contribution in [0.2, 0.25) is 5.28 Å². The van der Waals surface area contributed by atoms with Gasteiger partial charge in [0.25, 0.3) is 0 Å². The van der Waals surface area contributed by atoms with Crippen molar-refractivity contribution in [1.82, 2.24) is 19.7 Å². The van der Waals surface area contributed by atoms with Crippen LogP contribution in [0.4, 0.5) is 10.2 Å². The van der Waals surface area contributed by atoms with Crippen LogP contribution in [-0.4, -0.2) is 93.2 Å². The molecule has 0 spiro atoms. The molecule has 2 aliphatic rings. The van der Waals surface area contributed by atoms with Gasteiger partial charge < -0.3 is 44.2 Å². The minimum atomic E-state index is -4.93. The van der Waals surface area contributed by atoms with E-state index in [0.717, 1.165) is 17.5 Å². The van der Waals surface area contributed by atoms with Crippen molar-refractivity contribution in [3.63, 3.8) is 0 Å². The van der Waals surface area contributed by atoms with Crippen LogP contribution < -0.4 is 4.90 Å². The molecule has 0 bridgehead atoms. The molecular weight excluding hydrogens is 623 g/mol. The van der Waals surface area contributed by atoms with Gasteiger partial charge in [0.15, 0.2) is 17.8 Å². The number of hydrogen-bond donors (Lipinski definition) is 6. The first kappa shape index (κ1) is 31.4. The highest BCUT2D eigenvalue weighted by Gasteiger charge is 2.57. The lowest BCUT2D eigenvalue weighted by Crippen LogP contribution is -2.52. The lowest BCUT2D eigenvalue weighted by molar-refractivity contribution is -0.117. The molecule has 2 unspecified atom stereocenters. The Morgan fingerprint density at radius 1 is 1.19 bits per heavy atom. The Balaban J connectivity index is 1.48. The van der Waals surface area contributed by atoms with E-state index in [2.05, 4.69) is 15.1 Å². The highest BCUT2D eigenvalue weighted by molar-refractivity contribution is 7.70. The Morgan fingerprint density at radius 2 is 1.93 bits per heavy atom. The van der Waals surface area contributed by atoms with Gasteiger partial charge in [0.2, 0.25) is 5.28 Å². The normalized spacial score (nSPS) is 28.3. The zero-order chi connectivity index (χ0) is 30.4. The molecule has 0 radical (unpaired) electrons. The lowest BCUT2D eigenvalue weighted by Gasteiger charge is -2.37. The molecule has 0 saturated carbocycles. The topological polar surface area (TPSA) is 221 Å². The molecule has 15 nitrogen and oxygen atoms in total. The number of anilines is 1. The molecular formula is C23H29ClFN5O10P2. The van der Waals surface area contributed by atoms with Crippen molar-refractivity contribution < 1.29 is 52.8 Å². The second-order valence-electron chi connectivity index (χ2n) is 10.2. The average Bonchev–Trinajstić information content (AvgIpc) is 3.44. The van der Waals surface area contributed by atoms with Gasteiger partial charge in [-0.1, -0.05) is 18.2 Å². The number of aliphatic hydroxyl groups is 3. The molecule has 4 heterocycles. The summed E-state index contributed by atoms with van der Waals surface area (Å²) in [6.45, 7) is -1.48. The van der Waals surface area contributed by atoms with E-state index >= 15 is 0 Å². The fourth-order valence-electron chi connectivity index (χ4n) is 5.37. The summed E-state index contributed by atoms with van der Waals surface area (Å²) in [5, 5.41) is 36.4. The number of nitrogens with zero attached hydrogens (tertiary/aromatic N) is 5. The van der Waals surface area contributed by atoms with Crippen molar-refractivity contribution >= 4 is 43.6 Å². The molecule has 0 amide bonds. The van der Waals surface area contributed by atoms with Gasteiger partial charge in [0, 0.05) is 12.1 Å². The van der Waals surface area contributed by atoms with E-state index in [1.807, 2.05) is 4.90 Å². The number of rotatable bonds is 9. The summed E-state index contributed by atoms with van der Waals surface area (Å²) < 4.78 is 49.7. The maximum Gasteiger partial charge on any atom is 0.340 e. The summed E-state index contributed by atoms with van der Waals surface area (Å²) >= 11 is 6.31. The Kier molecular flexibility index (Phi) is 8.80. The first-order chi connectivity index (χ1) is 19.7. The molecule has 2 saturated heterocycles. The second kappa shape index (κ2) is 11.8. The minimum Gasteiger partial charge on any atom is -0.393 e. The SMILES string of the molecule is O=P(O)(O)CP(=O)(O)OC[C@H]1O[C@@H](n2ncc3c(N4CCCCC4c4ccccc4F)nc(Cl)nc32)[C@H](O)[C@@]1(O)CO. The molecule has 1 aromatic carbocycles. The van der Waals surface area contributed by atoms with E-state index in [0.29, 0.717) is 29.7 Å². The first-order valence-electron chi connectivity index (χ1n) is 12.8. The Hall–Kier alpha value is -2.07. The number of halogens is 2. The van der Waals surface area contributed by atoms with Crippen LogP contribution in [0, 0.1) is 5.82 Å². The van der Waals surface area contributed by atoms with E-state index in [-0.39, 0.29) is 22.8 Å². The van der Waals surface area contributed by atoms with Gasteiger partial charge in [-0.2, -0.15) is 15.1 Å². The molecule has 2 aromatic heterocycles. The summed E-state index contributed by atoms with van der Waals surface area (Å²) in [4.78, 5) is 38.4. The van der Waals surface area contributed by atoms with E-state index in [1.54, 1.807) is 18.2 Å². The van der Waals surface area contributed by atoms with E-state index in [4.69, 9.17) is 30.6 Å². The van der Waals surface area contributed by atoms with E-state index in [1.165, 1.54) is 12.3 Å². The number of hydrogen-bond acceptors (Lipinski definition) is 11. The van der Waals surface area contributed by atoms with Crippen LogP contribution in [0.15, 0.2) is 30.5 Å². The summed E-state index contributed by atoms with van der Waals surface area (Å²) in [6.07, 6.45) is -1.35. The maximum absolute atomic E-state index is 14.8. The predicted molar refractivity (Wildman–Crippen MR) is 145 cm³/mol. The van der Waals surface area contributed by atoms with Gasteiger partial charge in [-0.3, -0.25) is 9.13 Å². The molecule has 3 aromatic rings. The molecule has 2 aliphatic heterocycles. The third kappa shape index (κ3) is 6.12. The number of benzene rings is 1. The molecule has 0 aliphatic carbocycles. The van der Waals surface area contributed by atoms with Crippen molar-refractivity contribution in [1.29, 1.82) is 0 Å². The number of ether oxygens (including phenoxy) is 1. The summed E-state index contributed by atoms with van der Waals surface area (Å²) in [5.41, 5.74) is -1.88. The third-order valence-electron chi connectivity index (χ3n) is 7.37. The van der Waals surface area contributed by atoms with Gasteiger partial charge in [0.1, 0.15) is 29.4 Å². The van der Waals surface area contributed by atoms with Crippen LogP contribution in [0.5, 0.6) is 0 Å². The fourth-order valence-corrected chi connectivity index (χ4v) is 8.09. The van der Waals surface area contributed by atoms with Crippen LogP contribution in [0.1, 0.15) is 37.1 Å². The number of piperidine rings is 1. The molecule has 6 N–H and O–H groups in total. The zero-order valence-corrected chi connectivity index (χ0v) is 24.4. The Bertz CT molecular complexity index is 1560. The van der Waals surface area contributed by atoms with Crippen molar-refractivity contribution in [3.8, 4) is 0 Å². The largest absolute Gasteiger partial charge is 0.393 e. The minimum absolute atomic E-state index is 0.0723. The second-order valence-corrected chi connectivity index (χ2v) is 14.5. The third-order valence-corrected chi connectivity index (χ3v) is 11.0. The Labute approximate surface area is 243 Å². The first-order valence-corrected chi connectivity index (χ1v) is 16.8. The van der Waals surface area contributed by atoms with Gasteiger partial charge >= 0.3 is 15.2 Å². The van der Waals surface area contributed by atoms with Crippen LogP contribution in [0.3, 0.4) is 0 Å². The van der Waals surface area contributed by atoms with E-state index in [9.17, 15) is 33.7 Å². The quantitative estimate of drug-likeness (QED) is 0.143. The van der Waals surface area contributed by atoms with Crippen LogP contribution >= 0.6 is 26.8 Å². The maximum atomic E-state index is 14.8. The van der Waals surface area contributed by atoms with Crippen LogP contribution in [-0.2, 0) is 18.4 Å². The van der Waals surface area contributed by atoms with E-state index < -0.39 is 58.3 Å². The van der Waals surface area contributed by atoms with Gasteiger partial charge in [-0.15, -0.1) is 0 Å². The zero-order valence-electron chi connectivity index (χ0n) is 21.8. The molecule has 42 heavy (non-hydrogen) atoms. The average molecular weight is 652 g/mol. The summed E-state index contributed by atoms with van der Waals surface area (Å²) in [7, 11) is -9.78. The van der Waals surface area contributed by atoms with Crippen molar-refractivity contribution in [2.75, 3.05) is 30.6 Å². The van der Waals surface area contributed by atoms with Gasteiger partial charge in [0.05, 0.1) is 30.8 Å². The standard InChI is InChI=1S/C23H29ClFN5O10P2/c24-22-27-19(29-8-4-3-7-16(29)13-5-1-2-6-15(13)25)14-9-26-30(20(14)28-22)21-18(32)23(33,11-31)17(40-21)10-39-42(37,38)12-41(34,35)36/h1-2,5-6,9,16-18,21,31-33H,3-4,7-8,10-12H2,(H,37,38)(H2,34,35,36)/t16?,17-,18+,21-,23-/m1/s1. The number of fused-ring (bicyclic) bond motifs is 1. The van der Waals surface area contributed by atoms with Crippen molar-refractivity contribution in [2.24, 2.45) is 0 Å². The molecule has 5 rings (SSSR count). The molecule has 19 heteroatoms. The predicted octanol–water partition coefficient (Wildman–Crippen LogP) is 1.67. The summed E-state index contributed by atoms with van der Waals surface area (Å²) in [5.74, 6) is -1.50.